The minimum absolute atomic E-state index is 0.0119. The van der Waals surface area contributed by atoms with E-state index in [1.165, 1.54) is 11.1 Å². The Morgan fingerprint density at radius 3 is 2.14 bits per heavy atom. The number of amides is 1. The van der Waals surface area contributed by atoms with Gasteiger partial charge in [-0.3, -0.25) is 4.79 Å². The molecule has 0 saturated heterocycles. The van der Waals surface area contributed by atoms with Gasteiger partial charge in [-0.05, 0) is 46.6 Å². The van der Waals surface area contributed by atoms with E-state index < -0.39 is 18.1 Å². The summed E-state index contributed by atoms with van der Waals surface area (Å²) in [7, 11) is 0. The topological polar surface area (TPSA) is 84.9 Å². The molecule has 0 radical (unpaired) electrons. The zero-order chi connectivity index (χ0) is 24.2. The monoisotopic (exact) mass is 471 g/mol. The van der Waals surface area contributed by atoms with Gasteiger partial charge in [0.1, 0.15) is 13.2 Å². The third kappa shape index (κ3) is 5.08. The van der Waals surface area contributed by atoms with Crippen molar-refractivity contribution in [3.63, 3.8) is 0 Å². The van der Waals surface area contributed by atoms with Crippen molar-refractivity contribution < 1.29 is 24.2 Å². The van der Waals surface area contributed by atoms with Crippen molar-refractivity contribution in [2.45, 2.75) is 31.5 Å². The lowest BCUT2D eigenvalue weighted by Gasteiger charge is -2.19. The summed E-state index contributed by atoms with van der Waals surface area (Å²) in [6.07, 6.45) is -0.331. The summed E-state index contributed by atoms with van der Waals surface area (Å²) in [6.45, 7) is 0.674. The van der Waals surface area contributed by atoms with E-state index in [1.807, 2.05) is 54.6 Å². The Hall–Kier alpha value is -3.64. The van der Waals surface area contributed by atoms with Gasteiger partial charge in [0.2, 0.25) is 0 Å². The molecule has 3 atom stereocenters. The first-order chi connectivity index (χ1) is 17.1. The van der Waals surface area contributed by atoms with Crippen molar-refractivity contribution in [3.05, 3.63) is 95.6 Å². The summed E-state index contributed by atoms with van der Waals surface area (Å²) < 4.78 is 11.1. The van der Waals surface area contributed by atoms with Crippen LogP contribution in [0.1, 0.15) is 35.4 Å². The van der Waals surface area contributed by atoms with E-state index in [9.17, 15) is 14.7 Å². The Balaban J connectivity index is 1.15. The number of benzene rings is 3. The summed E-state index contributed by atoms with van der Waals surface area (Å²) in [4.78, 5) is 25.2. The lowest BCUT2D eigenvalue weighted by molar-refractivity contribution is -0.151. The van der Waals surface area contributed by atoms with Crippen LogP contribution in [-0.4, -0.2) is 36.4 Å². The van der Waals surface area contributed by atoms with Gasteiger partial charge in [0.05, 0.1) is 12.0 Å². The number of carbonyl (C=O) groups is 2. The molecule has 2 N–H and O–H groups in total. The predicted molar refractivity (Wildman–Crippen MR) is 132 cm³/mol. The fraction of sp³-hybridized carbons (Fsp3) is 0.310. The van der Waals surface area contributed by atoms with E-state index in [0.717, 1.165) is 16.7 Å². The number of carbonyl (C=O) groups excluding carboxylic acids is 2. The molecule has 2 aliphatic carbocycles. The van der Waals surface area contributed by atoms with E-state index >= 15 is 0 Å². The molecule has 1 saturated carbocycles. The largest absolute Gasteiger partial charge is 0.461 e. The number of aliphatic hydroxyl groups is 1. The van der Waals surface area contributed by atoms with Crippen molar-refractivity contribution in [2.75, 3.05) is 13.2 Å². The van der Waals surface area contributed by atoms with E-state index in [-0.39, 0.29) is 37.6 Å². The first kappa shape index (κ1) is 23.1. The number of aliphatic hydroxyl groups excluding tert-OH is 1. The Kier molecular flexibility index (Phi) is 6.82. The zero-order valence-electron chi connectivity index (χ0n) is 19.4. The summed E-state index contributed by atoms with van der Waals surface area (Å²) in [5.74, 6) is -1.01. The number of hydrogen-bond donors (Lipinski definition) is 2. The molecule has 0 aliphatic heterocycles. The van der Waals surface area contributed by atoms with Crippen molar-refractivity contribution >= 4 is 12.1 Å². The first-order valence-electron chi connectivity index (χ1n) is 12.1. The number of fused-ring (bicyclic) bond motifs is 3. The van der Waals surface area contributed by atoms with Crippen molar-refractivity contribution in [1.82, 2.24) is 5.32 Å². The van der Waals surface area contributed by atoms with Gasteiger partial charge in [0.15, 0.2) is 0 Å². The maximum absolute atomic E-state index is 12.7. The molecule has 0 bridgehead atoms. The number of alkyl carbamates (subject to hydrolysis) is 1. The van der Waals surface area contributed by atoms with Crippen LogP contribution in [-0.2, 0) is 20.9 Å². The smallest absolute Gasteiger partial charge is 0.407 e. The van der Waals surface area contributed by atoms with Crippen molar-refractivity contribution in [2.24, 2.45) is 11.8 Å². The lowest BCUT2D eigenvalue weighted by atomic mass is 9.96. The molecule has 6 nitrogen and oxygen atoms in total. The molecule has 0 aromatic heterocycles. The molecular weight excluding hydrogens is 442 g/mol. The number of ether oxygens (including phenoxy) is 2. The number of rotatable bonds is 7. The highest BCUT2D eigenvalue weighted by atomic mass is 16.5. The summed E-state index contributed by atoms with van der Waals surface area (Å²) in [5, 5.41) is 12.9. The van der Waals surface area contributed by atoms with Crippen LogP contribution in [0.4, 0.5) is 4.79 Å². The highest BCUT2D eigenvalue weighted by Gasteiger charge is 2.39. The highest BCUT2D eigenvalue weighted by molar-refractivity contribution is 5.79. The molecule has 1 unspecified atom stereocenters. The van der Waals surface area contributed by atoms with Crippen LogP contribution in [0.15, 0.2) is 78.9 Å². The molecule has 3 aromatic carbocycles. The van der Waals surface area contributed by atoms with Gasteiger partial charge in [0, 0.05) is 12.5 Å². The molecule has 3 aromatic rings. The molecule has 1 amide bonds. The number of nitrogens with one attached hydrogen (secondary N) is 1. The molecule has 1 fully saturated rings. The summed E-state index contributed by atoms with van der Waals surface area (Å²) >= 11 is 0. The second kappa shape index (κ2) is 10.3. The van der Waals surface area contributed by atoms with Crippen LogP contribution in [0, 0.1) is 11.8 Å². The third-order valence-corrected chi connectivity index (χ3v) is 7.05. The SMILES string of the molecule is O=C(NC[C@@H]1C[C@H](O)CC1C(=O)OCc1ccccc1)OCC1c2ccccc2-c2ccccc21. The normalized spacial score (nSPS) is 20.7. The van der Waals surface area contributed by atoms with Crippen LogP contribution in [0.2, 0.25) is 0 Å². The van der Waals surface area contributed by atoms with Crippen LogP contribution in [0.3, 0.4) is 0 Å². The predicted octanol–water partition coefficient (Wildman–Crippen LogP) is 4.66. The molecule has 180 valence electrons. The Labute approximate surface area is 204 Å². The lowest BCUT2D eigenvalue weighted by Crippen LogP contribution is -2.34. The molecule has 0 heterocycles. The Morgan fingerprint density at radius 1 is 0.829 bits per heavy atom. The number of esters is 1. The zero-order valence-corrected chi connectivity index (χ0v) is 19.4. The van der Waals surface area contributed by atoms with Gasteiger partial charge in [-0.1, -0.05) is 78.9 Å². The molecule has 2 aliphatic rings. The van der Waals surface area contributed by atoms with E-state index in [0.29, 0.717) is 12.8 Å². The van der Waals surface area contributed by atoms with Crippen LogP contribution in [0.25, 0.3) is 11.1 Å². The van der Waals surface area contributed by atoms with Gasteiger partial charge in [-0.15, -0.1) is 0 Å². The minimum atomic E-state index is -0.585. The fourth-order valence-corrected chi connectivity index (χ4v) is 5.31. The van der Waals surface area contributed by atoms with E-state index in [1.54, 1.807) is 0 Å². The molecule has 0 spiro atoms. The van der Waals surface area contributed by atoms with Gasteiger partial charge >= 0.3 is 12.1 Å². The quantitative estimate of drug-likeness (QED) is 0.490. The first-order valence-corrected chi connectivity index (χ1v) is 12.1. The van der Waals surface area contributed by atoms with Gasteiger partial charge in [0.25, 0.3) is 0 Å². The van der Waals surface area contributed by atoms with Crippen molar-refractivity contribution in [3.8, 4) is 11.1 Å². The fourth-order valence-electron chi connectivity index (χ4n) is 5.31. The average molecular weight is 472 g/mol. The van der Waals surface area contributed by atoms with Gasteiger partial charge in [-0.2, -0.15) is 0 Å². The van der Waals surface area contributed by atoms with Crippen molar-refractivity contribution in [1.29, 1.82) is 0 Å². The van der Waals surface area contributed by atoms with E-state index in [2.05, 4.69) is 29.6 Å². The highest BCUT2D eigenvalue weighted by Crippen LogP contribution is 2.44. The minimum Gasteiger partial charge on any atom is -0.461 e. The van der Waals surface area contributed by atoms with Crippen LogP contribution in [0.5, 0.6) is 0 Å². The third-order valence-electron chi connectivity index (χ3n) is 7.05. The second-order valence-electron chi connectivity index (χ2n) is 9.29. The van der Waals surface area contributed by atoms with Gasteiger partial charge < -0.3 is 19.9 Å². The molecule has 35 heavy (non-hydrogen) atoms. The Bertz CT molecular complexity index is 1150. The average Bonchev–Trinajstić information content (AvgIpc) is 3.43. The second-order valence-corrected chi connectivity index (χ2v) is 9.29. The van der Waals surface area contributed by atoms with Crippen LogP contribution >= 0.6 is 0 Å². The Morgan fingerprint density at radius 2 is 1.46 bits per heavy atom. The summed E-state index contributed by atoms with van der Waals surface area (Å²) in [6, 6.07) is 25.9. The molecule has 5 rings (SSSR count). The van der Waals surface area contributed by atoms with Crippen LogP contribution < -0.4 is 5.32 Å². The molecule has 6 heteroatoms. The maximum atomic E-state index is 12.7. The van der Waals surface area contributed by atoms with E-state index in [4.69, 9.17) is 9.47 Å². The summed E-state index contributed by atoms with van der Waals surface area (Å²) in [5.41, 5.74) is 5.57. The number of hydrogen-bond acceptors (Lipinski definition) is 5. The van der Waals surface area contributed by atoms with Gasteiger partial charge in [-0.25, -0.2) is 4.79 Å². The molecular formula is C29H29NO5. The standard InChI is InChI=1S/C29H29NO5/c31-21-14-20(26(15-21)28(32)34-17-19-8-2-1-3-9-19)16-30-29(33)35-18-27-24-12-6-4-10-22(24)23-11-5-7-13-25(23)27/h1-13,20-21,26-27,31H,14-18H2,(H,30,33)/t20-,21-,26?/m0/s1. The maximum Gasteiger partial charge on any atom is 0.407 e.